The molecule has 0 spiro atoms. The second-order valence-corrected chi connectivity index (χ2v) is 11.8. The van der Waals surface area contributed by atoms with Crippen LogP contribution in [-0.4, -0.2) is 36.2 Å². The quantitative estimate of drug-likeness (QED) is 0.212. The van der Waals surface area contributed by atoms with E-state index in [1.54, 1.807) is 7.11 Å². The van der Waals surface area contributed by atoms with E-state index in [2.05, 4.69) is 22.2 Å². The average molecular weight is 576 g/mol. The van der Waals surface area contributed by atoms with E-state index in [9.17, 15) is 8.42 Å². The summed E-state index contributed by atoms with van der Waals surface area (Å²) in [5.41, 5.74) is 4.26. The van der Waals surface area contributed by atoms with Gasteiger partial charge in [-0.3, -0.25) is 0 Å². The normalized spacial score (nSPS) is 12.1. The fourth-order valence-electron chi connectivity index (χ4n) is 4.40. The SMILES string of the molecule is CCc1cnc(CCc2cc(NCc3ccc(OC)cc3)nc(Oc3ccc(CC(C)CS(N)(=O)=O)cc3)c2)nc1. The smallest absolute Gasteiger partial charge is 0.221 e. The molecule has 9 nitrogen and oxygen atoms in total. The Morgan fingerprint density at radius 2 is 1.54 bits per heavy atom. The zero-order valence-electron chi connectivity index (χ0n) is 23.7. The van der Waals surface area contributed by atoms with Gasteiger partial charge in [0, 0.05) is 31.4 Å². The first-order chi connectivity index (χ1) is 19.7. The van der Waals surface area contributed by atoms with Gasteiger partial charge in [-0.15, -0.1) is 0 Å². The third-order valence-corrected chi connectivity index (χ3v) is 7.58. The molecular weight excluding hydrogens is 538 g/mol. The number of aryl methyl sites for hydroxylation is 3. The van der Waals surface area contributed by atoms with Crippen LogP contribution < -0.4 is 19.9 Å². The first-order valence-corrected chi connectivity index (χ1v) is 15.4. The number of aromatic nitrogens is 3. The van der Waals surface area contributed by atoms with Gasteiger partial charge in [-0.05, 0) is 77.8 Å². The van der Waals surface area contributed by atoms with E-state index in [1.807, 2.05) is 80.0 Å². The molecule has 10 heteroatoms. The Morgan fingerprint density at radius 3 is 2.17 bits per heavy atom. The Labute approximate surface area is 242 Å². The van der Waals surface area contributed by atoms with Gasteiger partial charge in [-0.1, -0.05) is 38.1 Å². The molecule has 3 N–H and O–H groups in total. The van der Waals surface area contributed by atoms with Crippen molar-refractivity contribution < 1.29 is 17.9 Å². The second-order valence-electron chi connectivity index (χ2n) is 10.1. The molecule has 4 rings (SSSR count). The van der Waals surface area contributed by atoms with Crippen LogP contribution in [0.25, 0.3) is 0 Å². The molecule has 0 saturated carbocycles. The Morgan fingerprint density at radius 1 is 0.878 bits per heavy atom. The lowest BCUT2D eigenvalue weighted by Gasteiger charge is -2.13. The van der Waals surface area contributed by atoms with Gasteiger partial charge in [0.1, 0.15) is 23.1 Å². The molecule has 1 atom stereocenters. The number of nitrogens with one attached hydrogen (secondary N) is 1. The minimum Gasteiger partial charge on any atom is -0.497 e. The number of sulfonamides is 1. The molecule has 4 aromatic rings. The average Bonchev–Trinajstić information content (AvgIpc) is 2.95. The summed E-state index contributed by atoms with van der Waals surface area (Å²) < 4.78 is 34.2. The van der Waals surface area contributed by atoms with Crippen molar-refractivity contribution in [1.82, 2.24) is 15.0 Å². The molecule has 2 aromatic heterocycles. The Kier molecular flexibility index (Phi) is 10.3. The number of rotatable bonds is 14. The summed E-state index contributed by atoms with van der Waals surface area (Å²) in [5.74, 6) is 3.27. The first-order valence-electron chi connectivity index (χ1n) is 13.6. The standard InChI is InChI=1S/C31H37N5O4S/c1-4-23-18-33-29(34-19-23)14-9-26-16-30(35-20-25-7-10-27(39-3)11-8-25)36-31(17-26)40-28-12-5-24(6-13-28)15-22(2)21-41(32,37)38/h5-8,10-13,16-19,22H,4,9,14-15,20-21H2,1-3H3,(H,35,36)(H2,32,37,38). The molecule has 0 fully saturated rings. The van der Waals surface area contributed by atoms with Crippen LogP contribution in [0.15, 0.2) is 73.1 Å². The molecular formula is C31H37N5O4S. The number of methoxy groups -OCH3 is 1. The van der Waals surface area contributed by atoms with Crippen molar-refractivity contribution in [3.05, 3.63) is 101 Å². The van der Waals surface area contributed by atoms with E-state index in [0.717, 1.165) is 46.7 Å². The van der Waals surface area contributed by atoms with Crippen molar-refractivity contribution in [1.29, 1.82) is 0 Å². The van der Waals surface area contributed by atoms with Gasteiger partial charge in [0.05, 0.1) is 12.9 Å². The fourth-order valence-corrected chi connectivity index (χ4v) is 5.31. The van der Waals surface area contributed by atoms with Gasteiger partial charge in [0.15, 0.2) is 0 Å². The van der Waals surface area contributed by atoms with Crippen LogP contribution in [0, 0.1) is 5.92 Å². The zero-order chi connectivity index (χ0) is 29.2. The monoisotopic (exact) mass is 575 g/mol. The number of ether oxygens (including phenoxy) is 2. The number of hydrogen-bond acceptors (Lipinski definition) is 8. The minimum atomic E-state index is -3.50. The highest BCUT2D eigenvalue weighted by atomic mass is 32.2. The van der Waals surface area contributed by atoms with Crippen molar-refractivity contribution in [3.63, 3.8) is 0 Å². The van der Waals surface area contributed by atoms with Crippen LogP contribution in [0.5, 0.6) is 17.4 Å². The van der Waals surface area contributed by atoms with Gasteiger partial charge < -0.3 is 14.8 Å². The molecule has 0 saturated heterocycles. The van der Waals surface area contributed by atoms with Crippen LogP contribution in [0.2, 0.25) is 0 Å². The van der Waals surface area contributed by atoms with E-state index in [4.69, 9.17) is 19.6 Å². The number of nitrogens with zero attached hydrogens (tertiary/aromatic N) is 3. The number of benzene rings is 2. The highest BCUT2D eigenvalue weighted by Crippen LogP contribution is 2.25. The molecule has 0 aliphatic rings. The van der Waals surface area contributed by atoms with Gasteiger partial charge in [0.25, 0.3) is 0 Å². The van der Waals surface area contributed by atoms with E-state index >= 15 is 0 Å². The minimum absolute atomic E-state index is 0.0535. The topological polar surface area (TPSA) is 129 Å². The molecule has 0 aliphatic heterocycles. The van der Waals surface area contributed by atoms with Gasteiger partial charge >= 0.3 is 0 Å². The maximum atomic E-state index is 11.4. The van der Waals surface area contributed by atoms with Gasteiger partial charge in [-0.25, -0.2) is 23.5 Å². The largest absolute Gasteiger partial charge is 0.497 e. The molecule has 0 radical (unpaired) electrons. The summed E-state index contributed by atoms with van der Waals surface area (Å²) in [6.45, 7) is 4.54. The van der Waals surface area contributed by atoms with Crippen molar-refractivity contribution in [2.45, 2.75) is 46.1 Å². The maximum Gasteiger partial charge on any atom is 0.221 e. The fraction of sp³-hybridized carbons (Fsp3) is 0.323. The third kappa shape index (κ3) is 9.84. The van der Waals surface area contributed by atoms with Gasteiger partial charge in [-0.2, -0.15) is 4.98 Å². The number of pyridine rings is 1. The second kappa shape index (κ2) is 14.0. The Bertz CT molecular complexity index is 1440. The highest BCUT2D eigenvalue weighted by molar-refractivity contribution is 7.89. The molecule has 41 heavy (non-hydrogen) atoms. The predicted octanol–water partition coefficient (Wildman–Crippen LogP) is 5.10. The first kappa shape index (κ1) is 30.0. The summed E-state index contributed by atoms with van der Waals surface area (Å²) in [7, 11) is -1.86. The lowest BCUT2D eigenvalue weighted by Crippen LogP contribution is -2.22. The van der Waals surface area contributed by atoms with Crippen molar-refractivity contribution >= 4 is 15.8 Å². The number of nitrogens with two attached hydrogens (primary N) is 1. The molecule has 0 amide bonds. The lowest BCUT2D eigenvalue weighted by molar-refractivity contribution is 0.414. The van der Waals surface area contributed by atoms with Crippen LogP contribution in [0.3, 0.4) is 0 Å². The third-order valence-electron chi connectivity index (χ3n) is 6.55. The molecule has 2 heterocycles. The van der Waals surface area contributed by atoms with Crippen LogP contribution in [0.4, 0.5) is 5.82 Å². The summed E-state index contributed by atoms with van der Waals surface area (Å²) >= 11 is 0. The number of primary sulfonamides is 1. The van der Waals surface area contributed by atoms with Crippen LogP contribution >= 0.6 is 0 Å². The molecule has 0 bridgehead atoms. The lowest BCUT2D eigenvalue weighted by atomic mass is 10.0. The van der Waals surface area contributed by atoms with Gasteiger partial charge in [0.2, 0.25) is 15.9 Å². The number of anilines is 1. The van der Waals surface area contributed by atoms with Crippen molar-refractivity contribution in [2.75, 3.05) is 18.2 Å². The van der Waals surface area contributed by atoms with E-state index < -0.39 is 10.0 Å². The molecule has 1 unspecified atom stereocenters. The van der Waals surface area contributed by atoms with E-state index in [-0.39, 0.29) is 11.7 Å². The molecule has 2 aromatic carbocycles. The van der Waals surface area contributed by atoms with E-state index in [1.165, 1.54) is 0 Å². The summed E-state index contributed by atoms with van der Waals surface area (Å²) in [5, 5.41) is 8.59. The maximum absolute atomic E-state index is 11.4. The summed E-state index contributed by atoms with van der Waals surface area (Å²) in [6.07, 6.45) is 6.68. The highest BCUT2D eigenvalue weighted by Gasteiger charge is 2.12. The summed E-state index contributed by atoms with van der Waals surface area (Å²) in [6, 6.07) is 19.4. The molecule has 216 valence electrons. The Hall–Kier alpha value is -4.02. The zero-order valence-corrected chi connectivity index (χ0v) is 24.5. The summed E-state index contributed by atoms with van der Waals surface area (Å²) in [4.78, 5) is 13.7. The van der Waals surface area contributed by atoms with Crippen LogP contribution in [0.1, 0.15) is 41.9 Å². The predicted molar refractivity (Wildman–Crippen MR) is 161 cm³/mol. The van der Waals surface area contributed by atoms with Crippen LogP contribution in [-0.2, 0) is 42.3 Å². The van der Waals surface area contributed by atoms with Crippen molar-refractivity contribution in [3.8, 4) is 17.4 Å². The van der Waals surface area contributed by atoms with Crippen molar-refractivity contribution in [2.24, 2.45) is 11.1 Å². The number of hydrogen-bond donors (Lipinski definition) is 2. The van der Waals surface area contributed by atoms with E-state index in [0.29, 0.717) is 36.8 Å². The molecule has 0 aliphatic carbocycles. The Balaban J connectivity index is 1.48.